The summed E-state index contributed by atoms with van der Waals surface area (Å²) in [7, 11) is 1.61. The number of anilines is 1. The summed E-state index contributed by atoms with van der Waals surface area (Å²) >= 11 is 1.33. The first kappa shape index (κ1) is 29.1. The van der Waals surface area contributed by atoms with Crippen molar-refractivity contribution in [1.82, 2.24) is 14.8 Å². The Bertz CT molecular complexity index is 1400. The van der Waals surface area contributed by atoms with Crippen molar-refractivity contribution in [2.45, 2.75) is 71.6 Å². The highest BCUT2D eigenvalue weighted by Gasteiger charge is 2.51. The molecule has 1 saturated heterocycles. The third kappa shape index (κ3) is 5.22. The van der Waals surface area contributed by atoms with Gasteiger partial charge in [0.15, 0.2) is 0 Å². The molecule has 1 unspecified atom stereocenters. The number of amides is 2. The molecule has 2 aliphatic heterocycles. The van der Waals surface area contributed by atoms with E-state index in [1.54, 1.807) is 37.0 Å². The molecule has 2 atom stereocenters. The molecular formula is C30H38N4O6S. The van der Waals surface area contributed by atoms with Crippen LogP contribution in [-0.2, 0) is 9.53 Å². The molecule has 0 spiro atoms. The second-order valence-corrected chi connectivity index (χ2v) is 12.2. The van der Waals surface area contributed by atoms with Crippen LogP contribution in [-0.4, -0.2) is 76.4 Å². The van der Waals surface area contributed by atoms with Crippen molar-refractivity contribution >= 4 is 28.2 Å². The highest BCUT2D eigenvalue weighted by Crippen LogP contribution is 2.47. The fourth-order valence-electron chi connectivity index (χ4n) is 5.75. The number of oxazole rings is 1. The summed E-state index contributed by atoms with van der Waals surface area (Å²) in [6, 6.07) is 7.61. The van der Waals surface area contributed by atoms with Gasteiger partial charge < -0.3 is 28.8 Å². The minimum Gasteiger partial charge on any atom is -0.496 e. The van der Waals surface area contributed by atoms with E-state index in [9.17, 15) is 14.7 Å². The molecule has 4 heterocycles. The lowest BCUT2D eigenvalue weighted by Gasteiger charge is -2.49. The lowest BCUT2D eigenvalue weighted by Crippen LogP contribution is -2.67. The number of aliphatic hydroxyl groups is 1. The van der Waals surface area contributed by atoms with Crippen molar-refractivity contribution in [2.75, 3.05) is 31.6 Å². The number of hydrogen-bond donors (Lipinski definition) is 1. The molecule has 10 nitrogen and oxygen atoms in total. The smallest absolute Gasteiger partial charge is 0.261 e. The number of nitrogens with zero attached hydrogens (tertiary/aromatic N) is 4. The van der Waals surface area contributed by atoms with Gasteiger partial charge in [-0.15, -0.1) is 11.3 Å². The fraction of sp³-hybridized carbons (Fsp3) is 0.500. The molecule has 11 heteroatoms. The zero-order chi connectivity index (χ0) is 29.5. The van der Waals surface area contributed by atoms with E-state index in [2.05, 4.69) is 4.98 Å². The van der Waals surface area contributed by atoms with Crippen LogP contribution in [0.15, 0.2) is 41.1 Å². The summed E-state index contributed by atoms with van der Waals surface area (Å²) in [5.41, 5.74) is 0.601. The van der Waals surface area contributed by atoms with E-state index in [4.69, 9.17) is 13.9 Å². The molecule has 220 valence electrons. The van der Waals surface area contributed by atoms with E-state index < -0.39 is 23.9 Å². The van der Waals surface area contributed by atoms with Crippen molar-refractivity contribution < 1.29 is 28.6 Å². The molecule has 0 bridgehead atoms. The van der Waals surface area contributed by atoms with Gasteiger partial charge in [-0.3, -0.25) is 14.5 Å². The maximum atomic E-state index is 14.2. The molecule has 1 fully saturated rings. The topological polar surface area (TPSA) is 109 Å². The quantitative estimate of drug-likeness (QED) is 0.382. The number of para-hydroxylation sites is 1. The number of carbonyl (C=O) groups excluding carboxylic acids is 2. The van der Waals surface area contributed by atoms with Crippen LogP contribution in [0.3, 0.4) is 0 Å². The van der Waals surface area contributed by atoms with E-state index in [-0.39, 0.29) is 18.6 Å². The van der Waals surface area contributed by atoms with Gasteiger partial charge in [0.05, 0.1) is 36.4 Å². The maximum Gasteiger partial charge on any atom is 0.261 e. The van der Waals surface area contributed by atoms with Gasteiger partial charge in [-0.2, -0.15) is 0 Å². The Morgan fingerprint density at radius 2 is 1.95 bits per heavy atom. The molecule has 2 aromatic heterocycles. The Hall–Kier alpha value is -3.41. The van der Waals surface area contributed by atoms with Crippen LogP contribution in [0.25, 0.3) is 10.8 Å². The summed E-state index contributed by atoms with van der Waals surface area (Å²) in [6.45, 7) is 10.6. The molecule has 1 N–H and O–H groups in total. The van der Waals surface area contributed by atoms with Gasteiger partial charge in [0.25, 0.3) is 5.91 Å². The third-order valence-corrected chi connectivity index (χ3v) is 9.08. The number of fused-ring (bicyclic) bond motifs is 1. The molecule has 1 aromatic carbocycles. The van der Waals surface area contributed by atoms with Gasteiger partial charge in [-0.25, -0.2) is 4.98 Å². The average molecular weight is 583 g/mol. The maximum absolute atomic E-state index is 14.2. The number of benzene rings is 1. The Balaban J connectivity index is 1.63. The number of aliphatic hydroxyl groups excluding tert-OH is 1. The largest absolute Gasteiger partial charge is 0.496 e. The standard InChI is InChI=1S/C30H38N4O6S/c1-18(2)40-22(20-11-7-8-12-21(20)38-6)17-33-27-23(19(3)24(41-27)25-31-13-16-39-25)26(35)34(29(33)37)30(4,5)28(36)32-14-9-10-15-32/h7-8,11-13,16,18,22,29,37H,9-10,14-15,17H2,1-6H3/t22-,29?/m0/s1. The van der Waals surface area contributed by atoms with Gasteiger partial charge in [-0.1, -0.05) is 18.2 Å². The van der Waals surface area contributed by atoms with Crippen molar-refractivity contribution in [1.29, 1.82) is 0 Å². The number of rotatable bonds is 9. The van der Waals surface area contributed by atoms with E-state index in [1.807, 2.05) is 45.0 Å². The van der Waals surface area contributed by atoms with Crippen LogP contribution in [0.5, 0.6) is 5.75 Å². The SMILES string of the molecule is COc1ccccc1[C@H](CN1c2sc(-c3ncco3)c(C)c2C(=O)N(C(C)(C)C(=O)N2CCCC2)C1O)OC(C)C. The van der Waals surface area contributed by atoms with Gasteiger partial charge in [-0.05, 0) is 59.1 Å². The number of ether oxygens (including phenoxy) is 2. The zero-order valence-electron chi connectivity index (χ0n) is 24.4. The van der Waals surface area contributed by atoms with Crippen LogP contribution in [0, 0.1) is 6.92 Å². The first-order valence-electron chi connectivity index (χ1n) is 14.0. The first-order chi connectivity index (χ1) is 19.6. The van der Waals surface area contributed by atoms with Crippen molar-refractivity contribution in [3.8, 4) is 16.5 Å². The number of methoxy groups -OCH3 is 1. The summed E-state index contributed by atoms with van der Waals surface area (Å²) in [5, 5.41) is 12.6. The molecule has 41 heavy (non-hydrogen) atoms. The fourth-order valence-corrected chi connectivity index (χ4v) is 7.01. The van der Waals surface area contributed by atoms with E-state index >= 15 is 0 Å². The molecule has 0 aliphatic carbocycles. The summed E-state index contributed by atoms with van der Waals surface area (Å²) in [5.74, 6) is 0.450. The predicted octanol–water partition coefficient (Wildman–Crippen LogP) is 4.83. The first-order valence-corrected chi connectivity index (χ1v) is 14.8. The second kappa shape index (κ2) is 11.5. The van der Waals surface area contributed by atoms with Crippen LogP contribution in [0.1, 0.15) is 68.1 Å². The lowest BCUT2D eigenvalue weighted by molar-refractivity contribution is -0.146. The number of thiophene rings is 1. The Morgan fingerprint density at radius 3 is 2.59 bits per heavy atom. The Morgan fingerprint density at radius 1 is 1.24 bits per heavy atom. The normalized spacial score (nSPS) is 18.3. The third-order valence-electron chi connectivity index (χ3n) is 7.76. The minimum atomic E-state index is -1.43. The van der Waals surface area contributed by atoms with Crippen molar-refractivity contribution in [3.63, 3.8) is 0 Å². The molecule has 0 radical (unpaired) electrons. The lowest BCUT2D eigenvalue weighted by atomic mass is 9.96. The van der Waals surface area contributed by atoms with Crippen LogP contribution in [0.2, 0.25) is 0 Å². The van der Waals surface area contributed by atoms with Gasteiger partial charge in [0.2, 0.25) is 18.1 Å². The molecule has 2 aliphatic rings. The Kier molecular flexibility index (Phi) is 8.13. The highest BCUT2D eigenvalue weighted by molar-refractivity contribution is 7.20. The number of hydrogen-bond acceptors (Lipinski definition) is 9. The Labute approximate surface area is 244 Å². The summed E-state index contributed by atoms with van der Waals surface area (Å²) in [6.07, 6.45) is 2.80. The van der Waals surface area contributed by atoms with E-state index in [0.29, 0.717) is 45.7 Å². The van der Waals surface area contributed by atoms with Gasteiger partial charge >= 0.3 is 0 Å². The molecular weight excluding hydrogens is 544 g/mol. The predicted molar refractivity (Wildman–Crippen MR) is 156 cm³/mol. The van der Waals surface area contributed by atoms with Crippen LogP contribution < -0.4 is 9.64 Å². The van der Waals surface area contributed by atoms with Crippen molar-refractivity contribution in [3.05, 3.63) is 53.4 Å². The minimum absolute atomic E-state index is 0.134. The molecule has 2 amide bonds. The summed E-state index contributed by atoms with van der Waals surface area (Å²) in [4.78, 5) is 37.9. The highest BCUT2D eigenvalue weighted by atomic mass is 32.1. The van der Waals surface area contributed by atoms with E-state index in [1.165, 1.54) is 22.5 Å². The monoisotopic (exact) mass is 582 g/mol. The molecule has 3 aromatic rings. The van der Waals surface area contributed by atoms with Gasteiger partial charge in [0, 0.05) is 18.7 Å². The number of likely N-dealkylation sites (tertiary alicyclic amines) is 1. The number of carbonyl (C=O) groups is 2. The summed E-state index contributed by atoms with van der Waals surface area (Å²) < 4.78 is 17.6. The molecule has 5 rings (SSSR count). The van der Waals surface area contributed by atoms with Crippen molar-refractivity contribution in [2.24, 2.45) is 0 Å². The second-order valence-electron chi connectivity index (χ2n) is 11.2. The average Bonchev–Trinajstić information content (AvgIpc) is 3.71. The number of aromatic nitrogens is 1. The van der Waals surface area contributed by atoms with E-state index in [0.717, 1.165) is 18.4 Å². The zero-order valence-corrected chi connectivity index (χ0v) is 25.2. The van der Waals surface area contributed by atoms with Gasteiger partial charge in [0.1, 0.15) is 28.7 Å². The molecule has 0 saturated carbocycles. The van der Waals surface area contributed by atoms with Crippen LogP contribution in [0.4, 0.5) is 5.00 Å². The van der Waals surface area contributed by atoms with Crippen LogP contribution >= 0.6 is 11.3 Å².